The lowest BCUT2D eigenvalue weighted by molar-refractivity contribution is 0.312. The van der Waals surface area contributed by atoms with Crippen molar-refractivity contribution in [2.45, 2.75) is 33.2 Å². The van der Waals surface area contributed by atoms with Gasteiger partial charge in [0, 0.05) is 38.1 Å². The first kappa shape index (κ1) is 20.1. The van der Waals surface area contributed by atoms with Gasteiger partial charge < -0.3 is 20.9 Å². The minimum Gasteiger partial charge on any atom is -0.370 e. The van der Waals surface area contributed by atoms with E-state index in [1.165, 1.54) is 11.1 Å². The molecule has 1 aromatic heterocycles. The third-order valence-electron chi connectivity index (χ3n) is 5.32. The van der Waals surface area contributed by atoms with Gasteiger partial charge in [0.2, 0.25) is 0 Å². The maximum atomic E-state index is 6.17. The van der Waals surface area contributed by atoms with Gasteiger partial charge >= 0.3 is 0 Å². The summed E-state index contributed by atoms with van der Waals surface area (Å²) in [6.45, 7) is 9.03. The summed E-state index contributed by atoms with van der Waals surface area (Å²) in [4.78, 5) is 13.8. The highest BCUT2D eigenvalue weighted by Gasteiger charge is 2.15. The van der Waals surface area contributed by atoms with Gasteiger partial charge in [0.25, 0.3) is 0 Å². The molecule has 2 aromatic rings. The van der Waals surface area contributed by atoms with Crippen molar-refractivity contribution in [2.24, 2.45) is 10.7 Å². The highest BCUT2D eigenvalue weighted by atomic mass is 15.3. The Morgan fingerprint density at radius 1 is 1.07 bits per heavy atom. The number of nitrogens with one attached hydrogen (secondary N) is 1. The van der Waals surface area contributed by atoms with Crippen LogP contribution in [0.2, 0.25) is 0 Å². The van der Waals surface area contributed by atoms with Gasteiger partial charge in [-0.2, -0.15) is 0 Å². The fourth-order valence-corrected chi connectivity index (χ4v) is 3.48. The standard InChI is InChI=1S/C22H32N6/c1-4-18-7-6-8-19(5-2)21(18)26-22(23)25-16-17-9-10-20(24-15-17)28-13-11-27(3)12-14-28/h6-10,15H,4-5,11-14,16H2,1-3H3,(H3,23,25,26). The van der Waals surface area contributed by atoms with E-state index in [-0.39, 0.29) is 0 Å². The molecule has 0 amide bonds. The van der Waals surface area contributed by atoms with Crippen LogP contribution in [0.5, 0.6) is 0 Å². The number of aryl methyl sites for hydroxylation is 2. The zero-order chi connectivity index (χ0) is 19.9. The van der Waals surface area contributed by atoms with Crippen molar-refractivity contribution in [3.8, 4) is 0 Å². The van der Waals surface area contributed by atoms with Crippen LogP contribution in [0.4, 0.5) is 11.5 Å². The summed E-state index contributed by atoms with van der Waals surface area (Å²) < 4.78 is 0. The molecule has 0 atom stereocenters. The lowest BCUT2D eigenvalue weighted by Gasteiger charge is -2.33. The molecular weight excluding hydrogens is 348 g/mol. The molecule has 0 bridgehead atoms. The van der Waals surface area contributed by atoms with Crippen molar-refractivity contribution in [3.63, 3.8) is 0 Å². The third kappa shape index (κ3) is 5.01. The summed E-state index contributed by atoms with van der Waals surface area (Å²) in [6, 6.07) is 10.5. The van der Waals surface area contributed by atoms with Crippen LogP contribution in [0.25, 0.3) is 0 Å². The Kier molecular flexibility index (Phi) is 6.87. The molecule has 3 N–H and O–H groups in total. The Labute approximate surface area is 168 Å². The molecule has 6 heteroatoms. The van der Waals surface area contributed by atoms with Crippen LogP contribution in [0.1, 0.15) is 30.5 Å². The fourth-order valence-electron chi connectivity index (χ4n) is 3.48. The summed E-state index contributed by atoms with van der Waals surface area (Å²) in [6.07, 6.45) is 3.82. The Hall–Kier alpha value is -2.60. The van der Waals surface area contributed by atoms with Crippen LogP contribution in [0.15, 0.2) is 41.5 Å². The molecule has 0 spiro atoms. The van der Waals surface area contributed by atoms with E-state index in [9.17, 15) is 0 Å². The number of aliphatic imine (C=N–C) groups is 1. The van der Waals surface area contributed by atoms with Crippen LogP contribution in [-0.2, 0) is 19.4 Å². The number of likely N-dealkylation sites (N-methyl/N-ethyl adjacent to an activating group) is 1. The summed E-state index contributed by atoms with van der Waals surface area (Å²) in [5, 5.41) is 3.31. The Morgan fingerprint density at radius 3 is 2.32 bits per heavy atom. The number of benzene rings is 1. The Bertz CT molecular complexity index is 769. The van der Waals surface area contributed by atoms with Gasteiger partial charge in [-0.25, -0.2) is 9.98 Å². The van der Waals surface area contributed by atoms with Crippen molar-refractivity contribution in [2.75, 3.05) is 43.4 Å². The second kappa shape index (κ2) is 9.55. The van der Waals surface area contributed by atoms with E-state index < -0.39 is 0 Å². The number of piperazine rings is 1. The first-order valence-corrected chi connectivity index (χ1v) is 10.2. The minimum absolute atomic E-state index is 0.443. The number of anilines is 2. The molecule has 1 aliphatic rings. The summed E-state index contributed by atoms with van der Waals surface area (Å²) in [5.74, 6) is 1.48. The normalized spacial score (nSPS) is 15.7. The minimum atomic E-state index is 0.443. The molecule has 28 heavy (non-hydrogen) atoms. The van der Waals surface area contributed by atoms with E-state index >= 15 is 0 Å². The quantitative estimate of drug-likeness (QED) is 0.596. The molecule has 1 fully saturated rings. The molecule has 3 rings (SSSR count). The number of guanidine groups is 1. The molecule has 0 radical (unpaired) electrons. The molecular formula is C22H32N6. The van der Waals surface area contributed by atoms with E-state index in [0.29, 0.717) is 12.5 Å². The average molecular weight is 381 g/mol. The number of hydrogen-bond acceptors (Lipinski definition) is 4. The molecule has 1 aliphatic heterocycles. The number of aromatic nitrogens is 1. The molecule has 6 nitrogen and oxygen atoms in total. The van der Waals surface area contributed by atoms with Crippen LogP contribution in [0.3, 0.4) is 0 Å². The monoisotopic (exact) mass is 380 g/mol. The lowest BCUT2D eigenvalue weighted by atomic mass is 10.0. The number of nitrogens with zero attached hydrogens (tertiary/aromatic N) is 4. The summed E-state index contributed by atoms with van der Waals surface area (Å²) in [7, 11) is 2.16. The van der Waals surface area contributed by atoms with Crippen molar-refractivity contribution in [1.82, 2.24) is 9.88 Å². The highest BCUT2D eigenvalue weighted by molar-refractivity contribution is 5.93. The number of hydrogen-bond donors (Lipinski definition) is 2. The van der Waals surface area contributed by atoms with Gasteiger partial charge in [0.05, 0.1) is 6.54 Å². The van der Waals surface area contributed by atoms with E-state index in [4.69, 9.17) is 5.73 Å². The molecule has 1 aromatic carbocycles. The van der Waals surface area contributed by atoms with E-state index in [1.807, 2.05) is 6.20 Å². The maximum Gasteiger partial charge on any atom is 0.193 e. The average Bonchev–Trinajstić information content (AvgIpc) is 2.73. The molecule has 150 valence electrons. The third-order valence-corrected chi connectivity index (χ3v) is 5.32. The molecule has 0 unspecified atom stereocenters. The van der Waals surface area contributed by atoms with Crippen LogP contribution in [0, 0.1) is 0 Å². The van der Waals surface area contributed by atoms with Crippen molar-refractivity contribution in [3.05, 3.63) is 53.2 Å². The fraction of sp³-hybridized carbons (Fsp3) is 0.455. The van der Waals surface area contributed by atoms with E-state index in [0.717, 1.165) is 56.1 Å². The predicted molar refractivity (Wildman–Crippen MR) is 118 cm³/mol. The predicted octanol–water partition coefficient (Wildman–Crippen LogP) is 2.89. The SMILES string of the molecule is CCc1cccc(CC)c1NC(N)=NCc1ccc(N2CCN(C)CC2)nc1. The highest BCUT2D eigenvalue weighted by Crippen LogP contribution is 2.22. The van der Waals surface area contributed by atoms with Gasteiger partial charge in [0.1, 0.15) is 5.82 Å². The second-order valence-corrected chi connectivity index (χ2v) is 7.30. The molecule has 2 heterocycles. The van der Waals surface area contributed by atoms with Crippen LogP contribution >= 0.6 is 0 Å². The van der Waals surface area contributed by atoms with Gasteiger partial charge in [-0.1, -0.05) is 38.1 Å². The maximum absolute atomic E-state index is 6.17. The van der Waals surface area contributed by atoms with Gasteiger partial charge in [-0.15, -0.1) is 0 Å². The van der Waals surface area contributed by atoms with Gasteiger partial charge in [-0.05, 0) is 42.6 Å². The van der Waals surface area contributed by atoms with Crippen LogP contribution < -0.4 is 16.0 Å². The Balaban J connectivity index is 1.62. The van der Waals surface area contributed by atoms with Gasteiger partial charge in [0.15, 0.2) is 5.96 Å². The zero-order valence-corrected chi connectivity index (χ0v) is 17.3. The van der Waals surface area contributed by atoms with Crippen molar-refractivity contribution < 1.29 is 0 Å². The summed E-state index contributed by atoms with van der Waals surface area (Å²) in [5.41, 5.74) is 10.8. The number of nitrogens with two attached hydrogens (primary N) is 1. The second-order valence-electron chi connectivity index (χ2n) is 7.30. The van der Waals surface area contributed by atoms with Gasteiger partial charge in [-0.3, -0.25) is 0 Å². The first-order valence-electron chi connectivity index (χ1n) is 10.2. The summed E-state index contributed by atoms with van der Waals surface area (Å²) >= 11 is 0. The van der Waals surface area contributed by atoms with E-state index in [1.54, 1.807) is 0 Å². The topological polar surface area (TPSA) is 69.8 Å². The largest absolute Gasteiger partial charge is 0.370 e. The zero-order valence-electron chi connectivity index (χ0n) is 17.3. The molecule has 0 saturated carbocycles. The van der Waals surface area contributed by atoms with Crippen LogP contribution in [-0.4, -0.2) is 49.1 Å². The van der Waals surface area contributed by atoms with Crippen molar-refractivity contribution in [1.29, 1.82) is 0 Å². The molecule has 1 saturated heterocycles. The molecule has 0 aliphatic carbocycles. The first-order chi connectivity index (χ1) is 13.6. The number of rotatable bonds is 6. The Morgan fingerprint density at radius 2 is 1.75 bits per heavy atom. The number of pyridine rings is 1. The smallest absolute Gasteiger partial charge is 0.193 e. The lowest BCUT2D eigenvalue weighted by Crippen LogP contribution is -2.44. The van der Waals surface area contributed by atoms with Crippen molar-refractivity contribution >= 4 is 17.5 Å². The van der Waals surface area contributed by atoms with E-state index in [2.05, 4.69) is 76.3 Å². The number of para-hydroxylation sites is 1.